The number of aromatic nitrogens is 1. The molecule has 0 spiro atoms. The van der Waals surface area contributed by atoms with Gasteiger partial charge in [0.2, 0.25) is 0 Å². The molecule has 1 aliphatic rings. The average molecular weight is 355 g/mol. The predicted octanol–water partition coefficient (Wildman–Crippen LogP) is 2.42. The molecule has 1 N–H and O–H groups in total. The highest BCUT2D eigenvalue weighted by molar-refractivity contribution is 6.02. The van der Waals surface area contributed by atoms with E-state index in [4.69, 9.17) is 4.74 Å². The van der Waals surface area contributed by atoms with Crippen LogP contribution in [0.3, 0.4) is 0 Å². The molecule has 2 aromatic rings. The number of carbonyl (C=O) groups is 2. The molecule has 0 unspecified atom stereocenters. The first-order chi connectivity index (χ1) is 12.5. The predicted molar refractivity (Wildman–Crippen MR) is 101 cm³/mol. The van der Waals surface area contributed by atoms with Gasteiger partial charge in [0.25, 0.3) is 0 Å². The number of anilines is 1. The zero-order chi connectivity index (χ0) is 18.7. The molecule has 0 aliphatic carbocycles. The number of benzene rings is 1. The summed E-state index contributed by atoms with van der Waals surface area (Å²) in [6.07, 6.45) is 0. The Bertz CT molecular complexity index is 790. The van der Waals surface area contributed by atoms with E-state index >= 15 is 0 Å². The maximum absolute atomic E-state index is 12.7. The van der Waals surface area contributed by atoms with Gasteiger partial charge >= 0.3 is 5.97 Å². The molecule has 26 heavy (non-hydrogen) atoms. The fourth-order valence-electron chi connectivity index (χ4n) is 3.52. The number of methoxy groups -OCH3 is 1. The first-order valence-electron chi connectivity index (χ1n) is 8.84. The molecular formula is C20H25N3O3. The van der Waals surface area contributed by atoms with Crippen molar-refractivity contribution in [2.24, 2.45) is 0 Å². The molecule has 1 aromatic heterocycles. The van der Waals surface area contributed by atoms with Gasteiger partial charge < -0.3 is 14.6 Å². The Morgan fingerprint density at radius 3 is 2.35 bits per heavy atom. The van der Waals surface area contributed by atoms with Crippen molar-refractivity contribution in [2.75, 3.05) is 44.7 Å². The summed E-state index contributed by atoms with van der Waals surface area (Å²) in [6, 6.07) is 10.3. The van der Waals surface area contributed by atoms with Gasteiger partial charge in [-0.1, -0.05) is 18.2 Å². The Kier molecular flexibility index (Phi) is 5.42. The first kappa shape index (κ1) is 18.2. The Morgan fingerprint density at radius 2 is 1.73 bits per heavy atom. The van der Waals surface area contributed by atoms with Crippen LogP contribution in [0.2, 0.25) is 0 Å². The Balaban J connectivity index is 1.62. The maximum Gasteiger partial charge on any atom is 0.339 e. The van der Waals surface area contributed by atoms with E-state index in [0.29, 0.717) is 29.1 Å². The summed E-state index contributed by atoms with van der Waals surface area (Å²) in [7, 11) is 1.35. The molecular weight excluding hydrogens is 330 g/mol. The Labute approximate surface area is 153 Å². The lowest BCUT2D eigenvalue weighted by atomic mass is 10.1. The van der Waals surface area contributed by atoms with Crippen molar-refractivity contribution in [1.82, 2.24) is 9.88 Å². The summed E-state index contributed by atoms with van der Waals surface area (Å²) in [5.74, 6) is -0.402. The van der Waals surface area contributed by atoms with Gasteiger partial charge in [-0.15, -0.1) is 0 Å². The number of Topliss-reactive ketones (excluding diaryl/α,β-unsaturated/α-hetero) is 1. The molecule has 1 fully saturated rings. The number of rotatable bonds is 5. The molecule has 1 aromatic carbocycles. The molecule has 6 heteroatoms. The topological polar surface area (TPSA) is 65.6 Å². The average Bonchev–Trinajstić information content (AvgIpc) is 2.97. The molecule has 0 bridgehead atoms. The van der Waals surface area contributed by atoms with Crippen LogP contribution in [0.1, 0.15) is 32.1 Å². The van der Waals surface area contributed by atoms with Crippen LogP contribution in [-0.4, -0.2) is 61.5 Å². The van der Waals surface area contributed by atoms with E-state index in [2.05, 4.69) is 26.9 Å². The van der Waals surface area contributed by atoms with Crippen LogP contribution < -0.4 is 4.90 Å². The quantitative estimate of drug-likeness (QED) is 0.659. The number of hydrogen-bond acceptors (Lipinski definition) is 5. The second-order valence-corrected chi connectivity index (χ2v) is 6.64. The van der Waals surface area contributed by atoms with Crippen LogP contribution in [0.25, 0.3) is 0 Å². The lowest BCUT2D eigenvalue weighted by Crippen LogP contribution is -2.48. The fourth-order valence-corrected chi connectivity index (χ4v) is 3.52. The van der Waals surface area contributed by atoms with Crippen molar-refractivity contribution in [1.29, 1.82) is 0 Å². The number of H-pyrrole nitrogens is 1. The number of carbonyl (C=O) groups excluding carboxylic acids is 2. The summed E-state index contributed by atoms with van der Waals surface area (Å²) in [4.78, 5) is 32.2. The van der Waals surface area contributed by atoms with E-state index in [0.717, 1.165) is 26.2 Å². The molecule has 0 radical (unpaired) electrons. The number of ketones is 1. The molecule has 1 saturated heterocycles. The highest BCUT2D eigenvalue weighted by atomic mass is 16.5. The van der Waals surface area contributed by atoms with Crippen molar-refractivity contribution in [3.05, 3.63) is 52.8 Å². The second-order valence-electron chi connectivity index (χ2n) is 6.64. The zero-order valence-electron chi connectivity index (χ0n) is 15.5. The third kappa shape index (κ3) is 3.65. The van der Waals surface area contributed by atoms with Gasteiger partial charge in [0.05, 0.1) is 24.9 Å². The molecule has 6 nitrogen and oxygen atoms in total. The van der Waals surface area contributed by atoms with Crippen LogP contribution in [0.4, 0.5) is 5.69 Å². The van der Waals surface area contributed by atoms with E-state index in [1.54, 1.807) is 13.8 Å². The molecule has 138 valence electrons. The minimum atomic E-state index is -0.410. The zero-order valence-corrected chi connectivity index (χ0v) is 15.5. The van der Waals surface area contributed by atoms with Crippen LogP contribution in [0.15, 0.2) is 30.3 Å². The van der Waals surface area contributed by atoms with Gasteiger partial charge in [-0.05, 0) is 31.5 Å². The Morgan fingerprint density at radius 1 is 1.08 bits per heavy atom. The number of aromatic amines is 1. The minimum absolute atomic E-state index is 0.00825. The highest BCUT2D eigenvalue weighted by Gasteiger charge is 2.25. The van der Waals surface area contributed by atoms with Crippen LogP contribution in [0.5, 0.6) is 0 Å². The number of aryl methyl sites for hydroxylation is 1. The van der Waals surface area contributed by atoms with Gasteiger partial charge in [0.1, 0.15) is 0 Å². The summed E-state index contributed by atoms with van der Waals surface area (Å²) in [6.45, 7) is 7.39. The molecule has 1 aliphatic heterocycles. The molecule has 0 atom stereocenters. The third-order valence-corrected chi connectivity index (χ3v) is 4.97. The SMILES string of the molecule is COC(=O)c1c(C)[nH]c(C(=O)CN2CCN(c3ccccc3)CC2)c1C. The summed E-state index contributed by atoms with van der Waals surface area (Å²) in [5, 5.41) is 0. The molecule has 0 saturated carbocycles. The number of ether oxygens (including phenoxy) is 1. The molecule has 3 rings (SSSR count). The lowest BCUT2D eigenvalue weighted by molar-refractivity contribution is 0.0599. The van der Waals surface area contributed by atoms with Crippen molar-refractivity contribution < 1.29 is 14.3 Å². The minimum Gasteiger partial charge on any atom is -0.465 e. The van der Waals surface area contributed by atoms with Gasteiger partial charge in [0.15, 0.2) is 5.78 Å². The monoisotopic (exact) mass is 355 g/mol. The second kappa shape index (κ2) is 7.74. The van der Waals surface area contributed by atoms with E-state index in [-0.39, 0.29) is 5.78 Å². The van der Waals surface area contributed by atoms with Crippen molar-refractivity contribution in [3.8, 4) is 0 Å². The van der Waals surface area contributed by atoms with Gasteiger partial charge in [0, 0.05) is 37.6 Å². The standard InChI is InChI=1S/C20H25N3O3/c1-14-18(20(25)26-3)15(2)21-19(14)17(24)13-22-9-11-23(12-10-22)16-7-5-4-6-8-16/h4-8,21H,9-13H2,1-3H3. The van der Waals surface area contributed by atoms with Gasteiger partial charge in [-0.25, -0.2) is 4.79 Å². The number of esters is 1. The fraction of sp³-hybridized carbons (Fsp3) is 0.400. The highest BCUT2D eigenvalue weighted by Crippen LogP contribution is 2.20. The largest absolute Gasteiger partial charge is 0.465 e. The van der Waals surface area contributed by atoms with Crippen LogP contribution >= 0.6 is 0 Å². The summed E-state index contributed by atoms with van der Waals surface area (Å²) in [5.41, 5.74) is 3.53. The van der Waals surface area contributed by atoms with E-state index in [1.807, 2.05) is 18.2 Å². The maximum atomic E-state index is 12.7. The number of hydrogen-bond donors (Lipinski definition) is 1. The van der Waals surface area contributed by atoms with E-state index in [1.165, 1.54) is 12.8 Å². The Hall–Kier alpha value is -2.60. The van der Waals surface area contributed by atoms with Crippen LogP contribution in [0, 0.1) is 13.8 Å². The molecule has 0 amide bonds. The van der Waals surface area contributed by atoms with Crippen molar-refractivity contribution in [2.45, 2.75) is 13.8 Å². The summed E-state index contributed by atoms with van der Waals surface area (Å²) >= 11 is 0. The normalized spacial score (nSPS) is 15.1. The lowest BCUT2D eigenvalue weighted by Gasteiger charge is -2.35. The number of nitrogens with one attached hydrogen (secondary N) is 1. The number of nitrogens with zero attached hydrogens (tertiary/aromatic N) is 2. The van der Waals surface area contributed by atoms with Crippen molar-refractivity contribution in [3.63, 3.8) is 0 Å². The number of para-hydroxylation sites is 1. The van der Waals surface area contributed by atoms with Gasteiger partial charge in [-0.2, -0.15) is 0 Å². The first-order valence-corrected chi connectivity index (χ1v) is 8.84. The van der Waals surface area contributed by atoms with Crippen molar-refractivity contribution >= 4 is 17.4 Å². The van der Waals surface area contributed by atoms with E-state index in [9.17, 15) is 9.59 Å². The van der Waals surface area contributed by atoms with Gasteiger partial charge in [-0.3, -0.25) is 9.69 Å². The third-order valence-electron chi connectivity index (χ3n) is 4.97. The summed E-state index contributed by atoms with van der Waals surface area (Å²) < 4.78 is 4.81. The smallest absolute Gasteiger partial charge is 0.339 e. The molecule has 2 heterocycles. The van der Waals surface area contributed by atoms with Crippen LogP contribution in [-0.2, 0) is 4.74 Å². The number of piperazine rings is 1. The van der Waals surface area contributed by atoms with E-state index < -0.39 is 5.97 Å².